The highest BCUT2D eigenvalue weighted by Crippen LogP contribution is 2.31. The molecule has 49 heavy (non-hydrogen) atoms. The number of amides is 5. The van der Waals surface area contributed by atoms with E-state index in [2.05, 4.69) is 26.6 Å². The first kappa shape index (κ1) is 37.0. The second-order valence-electron chi connectivity index (χ2n) is 13.1. The fourth-order valence-corrected chi connectivity index (χ4v) is 6.18. The van der Waals surface area contributed by atoms with Gasteiger partial charge in [-0.2, -0.15) is 0 Å². The van der Waals surface area contributed by atoms with Crippen molar-refractivity contribution in [3.63, 3.8) is 0 Å². The van der Waals surface area contributed by atoms with Gasteiger partial charge in [-0.3, -0.25) is 24.0 Å². The van der Waals surface area contributed by atoms with E-state index in [-0.39, 0.29) is 36.3 Å². The van der Waals surface area contributed by atoms with E-state index in [0.717, 1.165) is 5.56 Å². The molecular formula is C36H49N5O8. The van der Waals surface area contributed by atoms with Gasteiger partial charge < -0.3 is 40.8 Å². The second kappa shape index (κ2) is 17.0. The van der Waals surface area contributed by atoms with E-state index in [4.69, 9.17) is 14.2 Å². The predicted octanol–water partition coefficient (Wildman–Crippen LogP) is 2.41. The molecule has 5 amide bonds. The number of aryl methyl sites for hydroxylation is 1. The van der Waals surface area contributed by atoms with Crippen LogP contribution in [0.15, 0.2) is 42.5 Å². The molecule has 4 rings (SSSR count). The van der Waals surface area contributed by atoms with Gasteiger partial charge in [0.05, 0.1) is 32.2 Å². The van der Waals surface area contributed by atoms with Crippen LogP contribution in [0, 0.1) is 5.92 Å². The van der Waals surface area contributed by atoms with Crippen LogP contribution in [-0.2, 0) is 25.6 Å². The number of methoxy groups -OCH3 is 2. The molecule has 5 N–H and O–H groups in total. The highest BCUT2D eigenvalue weighted by Gasteiger charge is 2.44. The Morgan fingerprint density at radius 1 is 0.980 bits per heavy atom. The van der Waals surface area contributed by atoms with E-state index in [9.17, 15) is 24.0 Å². The van der Waals surface area contributed by atoms with Crippen molar-refractivity contribution >= 4 is 29.5 Å². The first-order chi connectivity index (χ1) is 23.5. The van der Waals surface area contributed by atoms with E-state index < -0.39 is 53.7 Å². The van der Waals surface area contributed by atoms with Gasteiger partial charge in [0.2, 0.25) is 23.6 Å². The number of carbonyl (C=O) groups is 5. The fraction of sp³-hybridized carbons (Fsp3) is 0.528. The molecule has 0 bridgehead atoms. The van der Waals surface area contributed by atoms with Crippen LogP contribution in [-0.4, -0.2) is 80.6 Å². The van der Waals surface area contributed by atoms with Gasteiger partial charge in [-0.15, -0.1) is 0 Å². The maximum absolute atomic E-state index is 13.8. The van der Waals surface area contributed by atoms with Gasteiger partial charge in [0.15, 0.2) is 11.5 Å². The summed E-state index contributed by atoms with van der Waals surface area (Å²) in [4.78, 5) is 67.8. The van der Waals surface area contributed by atoms with Crippen molar-refractivity contribution in [2.75, 3.05) is 27.4 Å². The summed E-state index contributed by atoms with van der Waals surface area (Å²) in [6.07, 6.45) is 2.98. The van der Waals surface area contributed by atoms with Crippen LogP contribution in [0.5, 0.6) is 17.2 Å². The van der Waals surface area contributed by atoms with Crippen molar-refractivity contribution in [1.29, 1.82) is 0 Å². The average Bonchev–Trinajstić information content (AvgIpc) is 3.56. The standard InChI is InChI=1S/C36H49N5O8/c1-22(2)31-34(45)38-23(3)21-49-27-13-7-6-12-25(27)32(43)39-26(20-30(42)41-36(35(46)40-31)16-8-9-17-36)33(44)37-18-10-11-24-14-15-28(47-4)29(19-24)48-5/h6-7,12-15,19,22-23,26,31H,8-11,16-18,20-21H2,1-5H3,(H,37,44)(H,38,45)(H,39,43)(H,40,46)(H,41,42)/t23-,26-,31+/m0/s1. The Morgan fingerprint density at radius 2 is 1.69 bits per heavy atom. The quantitative estimate of drug-likeness (QED) is 0.265. The SMILES string of the molecule is COc1ccc(CCCNC(=O)[C@@H]2CC(=O)NC3(CCCC3)C(=O)N[C@H](C(C)C)C(=O)N[C@@H](C)COc3ccccc3C(=O)N2)cc1OC. The number of benzene rings is 2. The molecule has 13 heteroatoms. The summed E-state index contributed by atoms with van der Waals surface area (Å²) in [5.41, 5.74) is -0.0894. The van der Waals surface area contributed by atoms with Crippen LogP contribution in [0.4, 0.5) is 0 Å². The first-order valence-electron chi connectivity index (χ1n) is 16.9. The van der Waals surface area contributed by atoms with Crippen molar-refractivity contribution in [3.8, 4) is 17.2 Å². The van der Waals surface area contributed by atoms with Crippen LogP contribution in [0.25, 0.3) is 0 Å². The Balaban J connectivity index is 1.56. The Kier molecular flexibility index (Phi) is 12.9. The Hall–Kier alpha value is -4.81. The van der Waals surface area contributed by atoms with Crippen molar-refractivity contribution < 1.29 is 38.2 Å². The van der Waals surface area contributed by atoms with Crippen LogP contribution >= 0.6 is 0 Å². The molecule has 0 saturated heterocycles. The zero-order valence-corrected chi connectivity index (χ0v) is 29.0. The maximum Gasteiger partial charge on any atom is 0.255 e. The molecule has 1 heterocycles. The lowest BCUT2D eigenvalue weighted by Gasteiger charge is -2.33. The first-order valence-corrected chi connectivity index (χ1v) is 16.9. The van der Waals surface area contributed by atoms with Gasteiger partial charge >= 0.3 is 0 Å². The molecule has 1 fully saturated rings. The molecule has 1 aliphatic heterocycles. The van der Waals surface area contributed by atoms with Crippen molar-refractivity contribution in [2.45, 2.75) is 89.4 Å². The topological polar surface area (TPSA) is 173 Å². The third kappa shape index (κ3) is 9.64. The molecule has 266 valence electrons. The molecule has 2 aromatic carbocycles. The van der Waals surface area contributed by atoms with Gasteiger partial charge in [-0.05, 0) is 68.4 Å². The maximum atomic E-state index is 13.8. The number of nitrogens with one attached hydrogen (secondary N) is 5. The number of para-hydroxylation sites is 1. The normalized spacial score (nSPS) is 21.7. The minimum Gasteiger partial charge on any atom is -0.493 e. The fourth-order valence-electron chi connectivity index (χ4n) is 6.18. The number of rotatable bonds is 8. The van der Waals surface area contributed by atoms with Gasteiger partial charge in [0, 0.05) is 6.54 Å². The second-order valence-corrected chi connectivity index (χ2v) is 13.1. The molecule has 2 aliphatic rings. The van der Waals surface area contributed by atoms with Crippen LogP contribution < -0.4 is 40.8 Å². The number of hydrogen-bond donors (Lipinski definition) is 5. The van der Waals surface area contributed by atoms with Gasteiger partial charge in [-0.1, -0.05) is 44.9 Å². The molecule has 1 spiro atoms. The van der Waals surface area contributed by atoms with Gasteiger partial charge in [0.1, 0.15) is 30.0 Å². The Morgan fingerprint density at radius 3 is 2.39 bits per heavy atom. The Labute approximate surface area is 287 Å². The van der Waals surface area contributed by atoms with Crippen LogP contribution in [0.3, 0.4) is 0 Å². The summed E-state index contributed by atoms with van der Waals surface area (Å²) < 4.78 is 16.6. The van der Waals surface area contributed by atoms with E-state index in [1.807, 2.05) is 32.0 Å². The molecule has 1 saturated carbocycles. The molecule has 0 radical (unpaired) electrons. The minimum atomic E-state index is -1.25. The lowest BCUT2D eigenvalue weighted by molar-refractivity contribution is -0.137. The summed E-state index contributed by atoms with van der Waals surface area (Å²) in [5.74, 6) is -1.32. The lowest BCUT2D eigenvalue weighted by Crippen LogP contribution is -2.62. The number of ether oxygens (including phenoxy) is 3. The molecule has 3 atom stereocenters. The largest absolute Gasteiger partial charge is 0.493 e. The third-order valence-corrected chi connectivity index (χ3v) is 8.92. The number of carbonyl (C=O) groups excluding carboxylic acids is 5. The monoisotopic (exact) mass is 679 g/mol. The van der Waals surface area contributed by atoms with E-state index >= 15 is 0 Å². The van der Waals surface area contributed by atoms with Crippen molar-refractivity contribution in [2.24, 2.45) is 5.92 Å². The highest BCUT2D eigenvalue weighted by molar-refractivity contribution is 6.01. The molecule has 2 aromatic rings. The van der Waals surface area contributed by atoms with Gasteiger partial charge in [0.25, 0.3) is 5.91 Å². The van der Waals surface area contributed by atoms with E-state index in [1.165, 1.54) is 0 Å². The zero-order chi connectivity index (χ0) is 35.6. The van der Waals surface area contributed by atoms with Crippen molar-refractivity contribution in [1.82, 2.24) is 26.6 Å². The van der Waals surface area contributed by atoms with Crippen LogP contribution in [0.2, 0.25) is 0 Å². The summed E-state index contributed by atoms with van der Waals surface area (Å²) >= 11 is 0. The molecule has 13 nitrogen and oxygen atoms in total. The highest BCUT2D eigenvalue weighted by atomic mass is 16.5. The average molecular weight is 680 g/mol. The smallest absolute Gasteiger partial charge is 0.255 e. The summed E-state index contributed by atoms with van der Waals surface area (Å²) in [6, 6.07) is 9.60. The summed E-state index contributed by atoms with van der Waals surface area (Å²) in [7, 11) is 3.13. The summed E-state index contributed by atoms with van der Waals surface area (Å²) in [6.45, 7) is 5.75. The third-order valence-electron chi connectivity index (χ3n) is 8.92. The van der Waals surface area contributed by atoms with Gasteiger partial charge in [-0.25, -0.2) is 0 Å². The number of fused-ring (bicyclic) bond motifs is 1. The van der Waals surface area contributed by atoms with E-state index in [0.29, 0.717) is 50.0 Å². The minimum absolute atomic E-state index is 0.0444. The molecule has 1 aliphatic carbocycles. The lowest BCUT2D eigenvalue weighted by atomic mass is 9.93. The van der Waals surface area contributed by atoms with Crippen LogP contribution in [0.1, 0.15) is 75.2 Å². The zero-order valence-electron chi connectivity index (χ0n) is 29.0. The van der Waals surface area contributed by atoms with Crippen molar-refractivity contribution in [3.05, 3.63) is 53.6 Å². The predicted molar refractivity (Wildman–Crippen MR) is 182 cm³/mol. The molecule has 0 aromatic heterocycles. The molecular weight excluding hydrogens is 630 g/mol. The summed E-state index contributed by atoms with van der Waals surface area (Å²) in [5, 5.41) is 14.2. The Bertz CT molecular complexity index is 1510. The van der Waals surface area contributed by atoms with E-state index in [1.54, 1.807) is 45.4 Å². The molecule has 0 unspecified atom stereocenters. The number of hydrogen-bond acceptors (Lipinski definition) is 8.